The molecular weight excluding hydrogens is 168 g/mol. The van der Waals surface area contributed by atoms with E-state index in [0.717, 1.165) is 6.54 Å². The van der Waals surface area contributed by atoms with Crippen LogP contribution in [0.2, 0.25) is 0 Å². The summed E-state index contributed by atoms with van der Waals surface area (Å²) in [4.78, 5) is 2.13. The van der Waals surface area contributed by atoms with Gasteiger partial charge in [-0.3, -0.25) is 4.90 Å². The molecule has 0 aromatic heterocycles. The second kappa shape index (κ2) is 3.92. The van der Waals surface area contributed by atoms with Crippen molar-refractivity contribution in [3.63, 3.8) is 0 Å². The highest BCUT2D eigenvalue weighted by molar-refractivity contribution is 4.92. The number of nitrogens with two attached hydrogens (primary N) is 1. The lowest BCUT2D eigenvalue weighted by atomic mass is 10.1. The van der Waals surface area contributed by atoms with Crippen LogP contribution in [0.4, 0.5) is 0 Å². The number of aliphatic hydroxyl groups is 2. The first-order chi connectivity index (χ1) is 5.98. The summed E-state index contributed by atoms with van der Waals surface area (Å²) in [6.07, 6.45) is 0.639. The zero-order valence-corrected chi connectivity index (χ0v) is 8.40. The number of β-amino-alcohol motifs (C(OH)–C–C–N with tert-alkyl or cyclic N) is 1. The summed E-state index contributed by atoms with van der Waals surface area (Å²) in [7, 11) is 0. The van der Waals surface area contributed by atoms with Crippen LogP contribution in [-0.2, 0) is 0 Å². The lowest BCUT2D eigenvalue weighted by molar-refractivity contribution is -0.00855. The maximum atomic E-state index is 9.77. The van der Waals surface area contributed by atoms with E-state index in [1.807, 2.05) is 13.8 Å². The van der Waals surface area contributed by atoms with Gasteiger partial charge in [-0.2, -0.15) is 0 Å². The van der Waals surface area contributed by atoms with Crippen LogP contribution < -0.4 is 5.73 Å². The maximum Gasteiger partial charge on any atom is 0.102 e. The minimum Gasteiger partial charge on any atom is -0.393 e. The molecule has 0 amide bonds. The van der Waals surface area contributed by atoms with Crippen molar-refractivity contribution in [1.82, 2.24) is 4.90 Å². The Kier molecular flexibility index (Phi) is 3.29. The topological polar surface area (TPSA) is 69.7 Å². The molecule has 4 N–H and O–H groups in total. The number of aliphatic hydroxyl groups excluding tert-OH is 1. The van der Waals surface area contributed by atoms with Gasteiger partial charge in [-0.15, -0.1) is 0 Å². The zero-order chi connectivity index (χ0) is 10.1. The average molecular weight is 188 g/mol. The Morgan fingerprint density at radius 3 is 2.54 bits per heavy atom. The van der Waals surface area contributed by atoms with Crippen molar-refractivity contribution in [2.45, 2.75) is 38.0 Å². The minimum atomic E-state index is -0.900. The van der Waals surface area contributed by atoms with Crippen molar-refractivity contribution in [2.24, 2.45) is 5.73 Å². The van der Waals surface area contributed by atoms with Gasteiger partial charge in [0.15, 0.2) is 0 Å². The number of hydrogen-bond acceptors (Lipinski definition) is 4. The first-order valence-electron chi connectivity index (χ1n) is 4.81. The summed E-state index contributed by atoms with van der Waals surface area (Å²) in [5, 5.41) is 18.7. The third kappa shape index (κ3) is 2.40. The van der Waals surface area contributed by atoms with E-state index in [2.05, 4.69) is 4.90 Å². The SMILES string of the molecule is CC(N)C(C)N1CCC(O)(CO)C1. The second-order valence-electron chi connectivity index (χ2n) is 4.20. The van der Waals surface area contributed by atoms with E-state index < -0.39 is 5.60 Å². The van der Waals surface area contributed by atoms with Crippen LogP contribution in [0.3, 0.4) is 0 Å². The van der Waals surface area contributed by atoms with E-state index >= 15 is 0 Å². The number of nitrogens with zero attached hydrogens (tertiary/aromatic N) is 1. The average Bonchev–Trinajstić information content (AvgIpc) is 2.47. The molecule has 4 heteroatoms. The summed E-state index contributed by atoms with van der Waals surface area (Å²) >= 11 is 0. The predicted molar refractivity (Wildman–Crippen MR) is 51.3 cm³/mol. The second-order valence-corrected chi connectivity index (χ2v) is 4.20. The summed E-state index contributed by atoms with van der Waals surface area (Å²) in [5.41, 5.74) is 4.86. The predicted octanol–water partition coefficient (Wildman–Crippen LogP) is -0.849. The van der Waals surface area contributed by atoms with Crippen LogP contribution in [0.1, 0.15) is 20.3 Å². The Balaban J connectivity index is 2.49. The van der Waals surface area contributed by atoms with Gasteiger partial charge in [0.25, 0.3) is 0 Å². The van der Waals surface area contributed by atoms with Crippen molar-refractivity contribution in [3.05, 3.63) is 0 Å². The van der Waals surface area contributed by atoms with Gasteiger partial charge in [0.1, 0.15) is 5.60 Å². The highest BCUT2D eigenvalue weighted by Crippen LogP contribution is 2.22. The molecule has 0 aromatic rings. The van der Waals surface area contributed by atoms with Crippen LogP contribution in [-0.4, -0.2) is 52.5 Å². The molecule has 3 atom stereocenters. The fourth-order valence-corrected chi connectivity index (χ4v) is 1.70. The Hall–Kier alpha value is -0.160. The fourth-order valence-electron chi connectivity index (χ4n) is 1.70. The zero-order valence-electron chi connectivity index (χ0n) is 8.40. The van der Waals surface area contributed by atoms with Crippen molar-refractivity contribution in [1.29, 1.82) is 0 Å². The molecule has 1 saturated heterocycles. The third-order valence-electron chi connectivity index (χ3n) is 2.99. The molecule has 13 heavy (non-hydrogen) atoms. The first kappa shape index (κ1) is 10.9. The van der Waals surface area contributed by atoms with Gasteiger partial charge in [-0.25, -0.2) is 0 Å². The van der Waals surface area contributed by atoms with Gasteiger partial charge >= 0.3 is 0 Å². The summed E-state index contributed by atoms with van der Waals surface area (Å²) in [6, 6.07) is 0.363. The molecule has 0 aliphatic carbocycles. The van der Waals surface area contributed by atoms with E-state index in [1.54, 1.807) is 0 Å². The van der Waals surface area contributed by atoms with Crippen LogP contribution in [0, 0.1) is 0 Å². The van der Waals surface area contributed by atoms with E-state index in [0.29, 0.717) is 13.0 Å². The van der Waals surface area contributed by atoms with Crippen molar-refractivity contribution >= 4 is 0 Å². The molecule has 1 heterocycles. The maximum absolute atomic E-state index is 9.77. The summed E-state index contributed by atoms with van der Waals surface area (Å²) < 4.78 is 0. The molecule has 0 aromatic carbocycles. The van der Waals surface area contributed by atoms with E-state index in [4.69, 9.17) is 10.8 Å². The third-order valence-corrected chi connectivity index (χ3v) is 2.99. The van der Waals surface area contributed by atoms with Gasteiger partial charge in [0, 0.05) is 25.2 Å². The van der Waals surface area contributed by atoms with Crippen LogP contribution in [0.5, 0.6) is 0 Å². The molecule has 0 bridgehead atoms. The van der Waals surface area contributed by atoms with E-state index in [-0.39, 0.29) is 18.7 Å². The lowest BCUT2D eigenvalue weighted by Gasteiger charge is -2.28. The van der Waals surface area contributed by atoms with Gasteiger partial charge in [-0.1, -0.05) is 0 Å². The first-order valence-corrected chi connectivity index (χ1v) is 4.81. The van der Waals surface area contributed by atoms with Crippen molar-refractivity contribution in [3.8, 4) is 0 Å². The van der Waals surface area contributed by atoms with E-state index in [1.165, 1.54) is 0 Å². The van der Waals surface area contributed by atoms with Crippen LogP contribution in [0.15, 0.2) is 0 Å². The number of hydrogen-bond donors (Lipinski definition) is 3. The number of rotatable bonds is 3. The molecule has 3 unspecified atom stereocenters. The molecular formula is C9H20N2O2. The Bertz CT molecular complexity index is 175. The Morgan fingerprint density at radius 1 is 1.54 bits per heavy atom. The Labute approximate surface area is 79.3 Å². The molecule has 0 saturated carbocycles. The van der Waals surface area contributed by atoms with Crippen molar-refractivity contribution < 1.29 is 10.2 Å². The van der Waals surface area contributed by atoms with Gasteiger partial charge in [-0.05, 0) is 20.3 Å². The lowest BCUT2D eigenvalue weighted by Crippen LogP contribution is -2.46. The quantitative estimate of drug-likeness (QED) is 0.539. The smallest absolute Gasteiger partial charge is 0.102 e. The normalized spacial score (nSPS) is 34.8. The van der Waals surface area contributed by atoms with E-state index in [9.17, 15) is 5.11 Å². The molecule has 1 aliphatic heterocycles. The molecule has 1 fully saturated rings. The molecule has 78 valence electrons. The minimum absolute atomic E-state index is 0.0982. The fraction of sp³-hybridized carbons (Fsp3) is 1.00. The van der Waals surface area contributed by atoms with Gasteiger partial charge in [0.05, 0.1) is 6.61 Å². The Morgan fingerprint density at radius 2 is 2.15 bits per heavy atom. The van der Waals surface area contributed by atoms with Crippen LogP contribution in [0.25, 0.3) is 0 Å². The van der Waals surface area contributed by atoms with Gasteiger partial charge in [0.2, 0.25) is 0 Å². The molecule has 1 aliphatic rings. The molecule has 4 nitrogen and oxygen atoms in total. The molecule has 0 radical (unpaired) electrons. The molecule has 1 rings (SSSR count). The highest BCUT2D eigenvalue weighted by Gasteiger charge is 2.37. The summed E-state index contributed by atoms with van der Waals surface area (Å²) in [6.45, 7) is 5.20. The van der Waals surface area contributed by atoms with Crippen molar-refractivity contribution in [2.75, 3.05) is 19.7 Å². The van der Waals surface area contributed by atoms with Gasteiger partial charge < -0.3 is 15.9 Å². The molecule has 0 spiro atoms. The summed E-state index contributed by atoms with van der Waals surface area (Å²) in [5.74, 6) is 0. The number of likely N-dealkylation sites (tertiary alicyclic amines) is 1. The largest absolute Gasteiger partial charge is 0.393 e. The van der Waals surface area contributed by atoms with Crippen LogP contribution >= 0.6 is 0 Å². The highest BCUT2D eigenvalue weighted by atomic mass is 16.3. The monoisotopic (exact) mass is 188 g/mol. The standard InChI is InChI=1S/C9H20N2O2/c1-7(10)8(2)11-4-3-9(13,5-11)6-12/h7-8,12-13H,3-6,10H2,1-2H3.